The molecule has 2 rings (SSSR count). The van der Waals surface area contributed by atoms with Gasteiger partial charge in [-0.1, -0.05) is 0 Å². The lowest BCUT2D eigenvalue weighted by Gasteiger charge is -2.31. The summed E-state index contributed by atoms with van der Waals surface area (Å²) in [6.07, 6.45) is 2.84. The van der Waals surface area contributed by atoms with Crippen molar-refractivity contribution in [2.75, 3.05) is 76.9 Å². The Morgan fingerprint density at radius 2 is 1.41 bits per heavy atom. The smallest absolute Gasteiger partial charge is 0.271 e. The van der Waals surface area contributed by atoms with E-state index in [2.05, 4.69) is 4.90 Å². The number of benzene rings is 1. The fraction of sp³-hybridized carbons (Fsp3) is 0.700. The lowest BCUT2D eigenvalue weighted by atomic mass is 10.1. The highest BCUT2D eigenvalue weighted by atomic mass is 32.2. The van der Waals surface area contributed by atoms with Gasteiger partial charge in [0.05, 0.1) is 36.3 Å². The van der Waals surface area contributed by atoms with Crippen molar-refractivity contribution in [3.8, 4) is 0 Å². The van der Waals surface area contributed by atoms with Gasteiger partial charge in [-0.25, -0.2) is 8.42 Å². The zero-order valence-corrected chi connectivity index (χ0v) is 23.8. The van der Waals surface area contributed by atoms with Gasteiger partial charge in [0.25, 0.3) is 25.9 Å². The van der Waals surface area contributed by atoms with Gasteiger partial charge in [0.2, 0.25) is 10.0 Å². The van der Waals surface area contributed by atoms with Crippen molar-refractivity contribution in [3.63, 3.8) is 0 Å². The molecular weight excluding hydrogens is 552 g/mol. The van der Waals surface area contributed by atoms with E-state index in [-0.39, 0.29) is 55.5 Å². The van der Waals surface area contributed by atoms with E-state index in [0.29, 0.717) is 25.9 Å². The van der Waals surface area contributed by atoms with Gasteiger partial charge in [-0.3, -0.25) is 18.5 Å². The van der Waals surface area contributed by atoms with Crippen molar-refractivity contribution in [1.29, 1.82) is 0 Å². The lowest BCUT2D eigenvalue weighted by molar-refractivity contribution is -0.385. The van der Waals surface area contributed by atoms with E-state index in [9.17, 15) is 35.4 Å². The monoisotopic (exact) mass is 586 g/mol. The van der Waals surface area contributed by atoms with Gasteiger partial charge in [-0.15, -0.1) is 0 Å². The molecule has 0 unspecified atom stereocenters. The van der Waals surface area contributed by atoms with Gasteiger partial charge in [0.1, 0.15) is 4.90 Å². The maximum Gasteiger partial charge on any atom is 0.271 e. The fourth-order valence-corrected chi connectivity index (χ4v) is 6.58. The number of nitro groups is 1. The van der Waals surface area contributed by atoms with Gasteiger partial charge in [0, 0.05) is 38.3 Å². The van der Waals surface area contributed by atoms with Crippen LogP contribution in [0.2, 0.25) is 0 Å². The number of anilines is 1. The Bertz CT molecular complexity index is 1240. The summed E-state index contributed by atoms with van der Waals surface area (Å²) in [6.45, 7) is 2.22. The molecule has 1 aliphatic rings. The van der Waals surface area contributed by atoms with Gasteiger partial charge in [-0.2, -0.15) is 21.1 Å². The molecule has 0 bridgehead atoms. The van der Waals surface area contributed by atoms with Crippen LogP contribution in [0.1, 0.15) is 18.4 Å². The Morgan fingerprint density at radius 3 is 1.84 bits per heavy atom. The van der Waals surface area contributed by atoms with E-state index in [1.165, 1.54) is 22.2 Å². The number of hydrogen-bond donors (Lipinski definition) is 0. The van der Waals surface area contributed by atoms with E-state index < -0.39 is 40.9 Å². The molecule has 0 spiro atoms. The normalized spacial score (nSPS) is 16.8. The standard InChI is InChI=1S/C20H34N4O10S3/c1-17-15-18(24(25)26)16-19(37(31,32)23-9-5-7-21(2)8-6-10-23)20(17)22(11-13-33-35(3,27)28)12-14-34-36(4,29)30/h15-16H,5-14H2,1-4H3. The van der Waals surface area contributed by atoms with Crippen LogP contribution in [0.25, 0.3) is 0 Å². The number of sulfonamides is 1. The molecule has 212 valence electrons. The van der Waals surface area contributed by atoms with E-state index in [1.807, 2.05) is 7.05 Å². The molecule has 0 N–H and O–H groups in total. The van der Waals surface area contributed by atoms with Gasteiger partial charge >= 0.3 is 0 Å². The Labute approximate surface area is 218 Å². The molecule has 0 atom stereocenters. The number of rotatable bonds is 12. The predicted octanol–water partition coefficient (Wildman–Crippen LogP) is 0.378. The van der Waals surface area contributed by atoms with Crippen LogP contribution in [0.3, 0.4) is 0 Å². The van der Waals surface area contributed by atoms with Crippen molar-refractivity contribution in [1.82, 2.24) is 9.21 Å². The SMILES string of the molecule is Cc1cc([N+](=O)[O-])cc(S(=O)(=O)N2CCCN(C)CCC2)c1N(CCOS(C)(=O)=O)CCOS(C)(=O)=O. The quantitative estimate of drug-likeness (QED) is 0.187. The van der Waals surface area contributed by atoms with Crippen LogP contribution in [-0.2, 0) is 38.6 Å². The molecule has 0 radical (unpaired) electrons. The van der Waals surface area contributed by atoms with Crippen molar-refractivity contribution in [3.05, 3.63) is 27.8 Å². The molecule has 1 heterocycles. The molecule has 0 aromatic heterocycles. The maximum atomic E-state index is 13.9. The minimum atomic E-state index is -4.23. The van der Waals surface area contributed by atoms with Gasteiger partial charge < -0.3 is 9.80 Å². The molecular formula is C20H34N4O10S3. The van der Waals surface area contributed by atoms with Crippen molar-refractivity contribution < 1.29 is 38.5 Å². The largest absolute Gasteiger partial charge is 0.365 e. The van der Waals surface area contributed by atoms with Crippen molar-refractivity contribution in [2.24, 2.45) is 0 Å². The summed E-state index contributed by atoms with van der Waals surface area (Å²) < 4.78 is 84.5. The van der Waals surface area contributed by atoms with E-state index >= 15 is 0 Å². The molecule has 1 aromatic rings. The highest BCUT2D eigenvalue weighted by Crippen LogP contribution is 2.35. The molecule has 0 saturated carbocycles. The summed E-state index contributed by atoms with van der Waals surface area (Å²) in [7, 11) is -9.91. The molecule has 14 nitrogen and oxygen atoms in total. The van der Waals surface area contributed by atoms with Gasteiger partial charge in [0.15, 0.2) is 0 Å². The van der Waals surface area contributed by atoms with Gasteiger partial charge in [-0.05, 0) is 45.5 Å². The van der Waals surface area contributed by atoms with Crippen LogP contribution in [0, 0.1) is 17.0 Å². The number of non-ortho nitro benzene ring substituents is 1. The number of aryl methyl sites for hydroxylation is 1. The minimum Gasteiger partial charge on any atom is -0.365 e. The van der Waals surface area contributed by atoms with E-state index in [0.717, 1.165) is 18.6 Å². The maximum absolute atomic E-state index is 13.9. The molecule has 1 saturated heterocycles. The third-order valence-corrected chi connectivity index (χ3v) is 8.71. The highest BCUT2D eigenvalue weighted by Gasteiger charge is 2.32. The molecule has 1 aliphatic heterocycles. The van der Waals surface area contributed by atoms with E-state index in [4.69, 9.17) is 8.37 Å². The first-order valence-corrected chi connectivity index (χ1v) is 16.5. The first-order valence-electron chi connectivity index (χ1n) is 11.4. The van der Waals surface area contributed by atoms with Crippen LogP contribution < -0.4 is 4.90 Å². The highest BCUT2D eigenvalue weighted by molar-refractivity contribution is 7.89. The molecule has 17 heteroatoms. The van der Waals surface area contributed by atoms with Crippen LogP contribution in [0.15, 0.2) is 17.0 Å². The first kappa shape index (κ1) is 31.3. The van der Waals surface area contributed by atoms with E-state index in [1.54, 1.807) is 0 Å². The zero-order chi connectivity index (χ0) is 28.0. The summed E-state index contributed by atoms with van der Waals surface area (Å²) in [5, 5.41) is 11.6. The van der Waals surface area contributed by atoms with Crippen LogP contribution >= 0.6 is 0 Å². The van der Waals surface area contributed by atoms with Crippen molar-refractivity contribution >= 4 is 41.6 Å². The third-order valence-electron chi connectivity index (χ3n) is 5.61. The summed E-state index contributed by atoms with van der Waals surface area (Å²) in [6, 6.07) is 2.18. The molecule has 0 aliphatic carbocycles. The first-order chi connectivity index (χ1) is 17.0. The average molecular weight is 587 g/mol. The summed E-state index contributed by atoms with van der Waals surface area (Å²) >= 11 is 0. The second-order valence-electron chi connectivity index (χ2n) is 8.82. The van der Waals surface area contributed by atoms with Crippen LogP contribution in [-0.4, -0.2) is 111 Å². The topological polar surface area (TPSA) is 174 Å². The molecule has 1 fully saturated rings. The Kier molecular flexibility index (Phi) is 10.8. The van der Waals surface area contributed by atoms with Crippen molar-refractivity contribution in [2.45, 2.75) is 24.7 Å². The predicted molar refractivity (Wildman–Crippen MR) is 137 cm³/mol. The molecule has 37 heavy (non-hydrogen) atoms. The summed E-state index contributed by atoms with van der Waals surface area (Å²) in [4.78, 5) is 14.1. The Morgan fingerprint density at radius 1 is 0.919 bits per heavy atom. The van der Waals surface area contributed by atoms with Crippen LogP contribution in [0.5, 0.6) is 0 Å². The van der Waals surface area contributed by atoms with Crippen LogP contribution in [0.4, 0.5) is 11.4 Å². The average Bonchev–Trinajstić information content (AvgIpc) is 2.72. The Balaban J connectivity index is 2.58. The second-order valence-corrected chi connectivity index (χ2v) is 14.0. The number of nitrogens with zero attached hydrogens (tertiary/aromatic N) is 4. The third kappa shape index (κ3) is 9.73. The second kappa shape index (κ2) is 12.8. The Hall–Kier alpha value is -1.89. The zero-order valence-electron chi connectivity index (χ0n) is 21.3. The molecule has 1 aromatic carbocycles. The summed E-state index contributed by atoms with van der Waals surface area (Å²) in [5.41, 5.74) is -0.108. The molecule has 0 amide bonds. The number of nitro benzene ring substituents is 1. The lowest BCUT2D eigenvalue weighted by Crippen LogP contribution is -2.40. The minimum absolute atomic E-state index is 0.0824. The summed E-state index contributed by atoms with van der Waals surface area (Å²) in [5.74, 6) is 0. The fourth-order valence-electron chi connectivity index (χ4n) is 4.01. The number of hydrogen-bond acceptors (Lipinski definition) is 12.